The molecule has 0 fully saturated rings. The molecule has 1 N–H and O–H groups in total. The fourth-order valence-electron chi connectivity index (χ4n) is 2.16. The number of hydrogen-bond donors (Lipinski definition) is 1. The SMILES string of the molecule is CCOC(=O)c1csc(/C=C/c2ccc3c(c2)NC(=O)C(C)O3)n1. The van der Waals surface area contributed by atoms with E-state index in [4.69, 9.17) is 9.47 Å². The van der Waals surface area contributed by atoms with Crippen LogP contribution in [-0.2, 0) is 9.53 Å². The Balaban J connectivity index is 1.75. The molecule has 0 aliphatic carbocycles. The van der Waals surface area contributed by atoms with Gasteiger partial charge in [-0.3, -0.25) is 4.79 Å². The topological polar surface area (TPSA) is 77.5 Å². The number of esters is 1. The fourth-order valence-corrected chi connectivity index (χ4v) is 2.84. The van der Waals surface area contributed by atoms with Crippen molar-refractivity contribution < 1.29 is 19.1 Å². The summed E-state index contributed by atoms with van der Waals surface area (Å²) >= 11 is 1.36. The van der Waals surface area contributed by atoms with Crippen molar-refractivity contribution in [2.24, 2.45) is 0 Å². The number of thiazole rings is 1. The fraction of sp³-hybridized carbons (Fsp3) is 0.235. The number of benzene rings is 1. The molecule has 0 saturated heterocycles. The molecule has 0 radical (unpaired) electrons. The Bertz CT molecular complexity index is 813. The third-order valence-corrected chi connectivity index (χ3v) is 4.17. The van der Waals surface area contributed by atoms with Gasteiger partial charge in [-0.2, -0.15) is 0 Å². The average Bonchev–Trinajstić information content (AvgIpc) is 3.03. The quantitative estimate of drug-likeness (QED) is 0.862. The van der Waals surface area contributed by atoms with Crippen LogP contribution in [0.25, 0.3) is 12.2 Å². The molecule has 1 atom stereocenters. The zero-order valence-corrected chi connectivity index (χ0v) is 14.1. The maximum Gasteiger partial charge on any atom is 0.357 e. The van der Waals surface area contributed by atoms with Crippen LogP contribution in [0, 0.1) is 0 Å². The summed E-state index contributed by atoms with van der Waals surface area (Å²) in [6, 6.07) is 5.53. The summed E-state index contributed by atoms with van der Waals surface area (Å²) in [6.07, 6.45) is 3.18. The molecule has 1 aromatic heterocycles. The van der Waals surface area contributed by atoms with Gasteiger partial charge in [0.25, 0.3) is 5.91 Å². The Morgan fingerprint density at radius 1 is 1.46 bits per heavy atom. The Kier molecular flexibility index (Phi) is 4.61. The van der Waals surface area contributed by atoms with Crippen molar-refractivity contribution in [1.29, 1.82) is 0 Å². The smallest absolute Gasteiger partial charge is 0.357 e. The minimum atomic E-state index is -0.490. The lowest BCUT2D eigenvalue weighted by atomic mass is 10.1. The highest BCUT2D eigenvalue weighted by molar-refractivity contribution is 7.10. The summed E-state index contributed by atoms with van der Waals surface area (Å²) in [5.41, 5.74) is 1.84. The molecule has 0 bridgehead atoms. The highest BCUT2D eigenvalue weighted by atomic mass is 32.1. The van der Waals surface area contributed by atoms with Crippen LogP contribution in [0.15, 0.2) is 23.6 Å². The van der Waals surface area contributed by atoms with E-state index in [2.05, 4.69) is 10.3 Å². The van der Waals surface area contributed by atoms with Crippen molar-refractivity contribution in [3.05, 3.63) is 39.8 Å². The summed E-state index contributed by atoms with van der Waals surface area (Å²) in [5, 5.41) is 5.17. The van der Waals surface area contributed by atoms with Crippen LogP contribution < -0.4 is 10.1 Å². The minimum Gasteiger partial charge on any atom is -0.479 e. The number of anilines is 1. The van der Waals surface area contributed by atoms with Gasteiger partial charge in [0, 0.05) is 5.38 Å². The maximum atomic E-state index is 11.7. The number of fused-ring (bicyclic) bond motifs is 1. The lowest BCUT2D eigenvalue weighted by Gasteiger charge is -2.23. The summed E-state index contributed by atoms with van der Waals surface area (Å²) in [4.78, 5) is 27.5. The van der Waals surface area contributed by atoms with E-state index in [0.29, 0.717) is 28.7 Å². The first kappa shape index (κ1) is 16.2. The highest BCUT2D eigenvalue weighted by Crippen LogP contribution is 2.31. The molecule has 2 heterocycles. The molecule has 1 unspecified atom stereocenters. The van der Waals surface area contributed by atoms with Crippen molar-refractivity contribution in [3.8, 4) is 5.75 Å². The van der Waals surface area contributed by atoms with Gasteiger partial charge in [-0.05, 0) is 37.6 Å². The third-order valence-electron chi connectivity index (χ3n) is 3.36. The van der Waals surface area contributed by atoms with E-state index in [0.717, 1.165) is 5.56 Å². The largest absolute Gasteiger partial charge is 0.479 e. The number of aromatic nitrogens is 1. The molecule has 124 valence electrons. The number of amides is 1. The lowest BCUT2D eigenvalue weighted by Crippen LogP contribution is -2.34. The van der Waals surface area contributed by atoms with Crippen LogP contribution in [0.3, 0.4) is 0 Å². The van der Waals surface area contributed by atoms with E-state index in [1.165, 1.54) is 11.3 Å². The predicted molar refractivity (Wildman–Crippen MR) is 92.2 cm³/mol. The van der Waals surface area contributed by atoms with E-state index in [1.807, 2.05) is 30.4 Å². The minimum absolute atomic E-state index is 0.164. The van der Waals surface area contributed by atoms with Crippen LogP contribution in [0.4, 0.5) is 5.69 Å². The predicted octanol–water partition coefficient (Wildman–Crippen LogP) is 3.21. The van der Waals surface area contributed by atoms with Crippen LogP contribution in [0.5, 0.6) is 5.75 Å². The number of rotatable bonds is 4. The van der Waals surface area contributed by atoms with Crippen LogP contribution >= 0.6 is 11.3 Å². The average molecular weight is 344 g/mol. The first-order valence-corrected chi connectivity index (χ1v) is 8.37. The van der Waals surface area contributed by atoms with Gasteiger partial charge < -0.3 is 14.8 Å². The molecule has 1 aliphatic rings. The number of hydrogen-bond acceptors (Lipinski definition) is 6. The Hall–Kier alpha value is -2.67. The monoisotopic (exact) mass is 344 g/mol. The van der Waals surface area contributed by atoms with Gasteiger partial charge in [0.2, 0.25) is 0 Å². The lowest BCUT2D eigenvalue weighted by molar-refractivity contribution is -0.122. The van der Waals surface area contributed by atoms with Gasteiger partial charge in [0.15, 0.2) is 11.8 Å². The molecule has 6 nitrogen and oxygen atoms in total. The normalized spacial score (nSPS) is 16.4. The molecule has 0 spiro atoms. The van der Waals surface area contributed by atoms with Crippen LogP contribution in [0.1, 0.15) is 34.9 Å². The summed E-state index contributed by atoms with van der Waals surface area (Å²) < 4.78 is 10.4. The number of nitrogens with zero attached hydrogens (tertiary/aromatic N) is 1. The van der Waals surface area contributed by atoms with Crippen LogP contribution in [0.2, 0.25) is 0 Å². The van der Waals surface area contributed by atoms with E-state index in [-0.39, 0.29) is 5.91 Å². The van der Waals surface area contributed by atoms with Gasteiger partial charge in [-0.1, -0.05) is 12.1 Å². The highest BCUT2D eigenvalue weighted by Gasteiger charge is 2.23. The molecule has 1 aromatic carbocycles. The molecule has 7 heteroatoms. The van der Waals surface area contributed by atoms with Crippen LogP contribution in [-0.4, -0.2) is 29.6 Å². The molecule has 0 saturated carbocycles. The molecule has 24 heavy (non-hydrogen) atoms. The summed E-state index contributed by atoms with van der Waals surface area (Å²) in [5.74, 6) is 0.0666. The number of carbonyl (C=O) groups is 2. The Morgan fingerprint density at radius 3 is 3.08 bits per heavy atom. The van der Waals surface area contributed by atoms with E-state index in [9.17, 15) is 9.59 Å². The molecule has 3 rings (SSSR count). The second kappa shape index (κ2) is 6.84. The van der Waals surface area contributed by atoms with Gasteiger partial charge in [-0.15, -0.1) is 11.3 Å². The van der Waals surface area contributed by atoms with Gasteiger partial charge in [-0.25, -0.2) is 9.78 Å². The first-order valence-electron chi connectivity index (χ1n) is 7.49. The zero-order chi connectivity index (χ0) is 17.1. The Morgan fingerprint density at radius 2 is 2.29 bits per heavy atom. The standard InChI is InChI=1S/C17H16N2O4S/c1-3-22-17(21)13-9-24-15(18-13)7-5-11-4-6-14-12(8-11)19-16(20)10(2)23-14/h4-10H,3H2,1-2H3,(H,19,20)/b7-5+. The van der Waals surface area contributed by atoms with Gasteiger partial charge in [0.1, 0.15) is 10.8 Å². The zero-order valence-electron chi connectivity index (χ0n) is 13.2. The van der Waals surface area contributed by atoms with Crippen molar-refractivity contribution in [3.63, 3.8) is 0 Å². The molecular weight excluding hydrogens is 328 g/mol. The molecule has 2 aromatic rings. The molecule has 1 aliphatic heterocycles. The number of nitrogens with one attached hydrogen (secondary N) is 1. The molecule has 1 amide bonds. The Labute approximate surface area is 143 Å². The summed E-state index contributed by atoms with van der Waals surface area (Å²) in [6.45, 7) is 3.78. The van der Waals surface area contributed by atoms with Gasteiger partial charge in [0.05, 0.1) is 12.3 Å². The van der Waals surface area contributed by atoms with E-state index >= 15 is 0 Å². The van der Waals surface area contributed by atoms with Crippen molar-refractivity contribution >= 4 is 41.1 Å². The number of ether oxygens (including phenoxy) is 2. The maximum absolute atomic E-state index is 11.7. The van der Waals surface area contributed by atoms with Crippen molar-refractivity contribution in [2.75, 3.05) is 11.9 Å². The third kappa shape index (κ3) is 3.46. The van der Waals surface area contributed by atoms with Crippen molar-refractivity contribution in [1.82, 2.24) is 4.98 Å². The molecular formula is C17H16N2O4S. The van der Waals surface area contributed by atoms with Gasteiger partial charge >= 0.3 is 5.97 Å². The number of carbonyl (C=O) groups excluding carboxylic acids is 2. The van der Waals surface area contributed by atoms with E-state index in [1.54, 1.807) is 19.2 Å². The second-order valence-electron chi connectivity index (χ2n) is 5.13. The summed E-state index contributed by atoms with van der Waals surface area (Å²) in [7, 11) is 0. The first-order chi connectivity index (χ1) is 11.6. The van der Waals surface area contributed by atoms with E-state index < -0.39 is 12.1 Å². The second-order valence-corrected chi connectivity index (χ2v) is 6.02. The van der Waals surface area contributed by atoms with Crippen molar-refractivity contribution in [2.45, 2.75) is 20.0 Å².